The lowest BCUT2D eigenvalue weighted by Gasteiger charge is -2.29. The number of allylic oxidation sites excluding steroid dienone is 4. The van der Waals surface area contributed by atoms with Gasteiger partial charge in [0.15, 0.2) is 0 Å². The Morgan fingerprint density at radius 2 is 1.67 bits per heavy atom. The SMILES string of the molecule is C/C=C\C(=C/C)C(C)(CC)CCC.CC. The highest BCUT2D eigenvalue weighted by Gasteiger charge is 2.23. The molecule has 15 heavy (non-hydrogen) atoms. The van der Waals surface area contributed by atoms with Crippen LogP contribution in [0.2, 0.25) is 0 Å². The molecule has 0 aromatic carbocycles. The van der Waals surface area contributed by atoms with E-state index >= 15 is 0 Å². The molecule has 0 aliphatic carbocycles. The Labute approximate surface area is 97.5 Å². The Kier molecular flexibility index (Phi) is 11.3. The third-order valence-electron chi connectivity index (χ3n) is 2.94. The van der Waals surface area contributed by atoms with Crippen LogP contribution in [0.4, 0.5) is 0 Å². The van der Waals surface area contributed by atoms with Crippen molar-refractivity contribution in [2.24, 2.45) is 5.41 Å². The van der Waals surface area contributed by atoms with Crippen LogP contribution in [0, 0.1) is 5.41 Å². The van der Waals surface area contributed by atoms with Gasteiger partial charge in [0.2, 0.25) is 0 Å². The molecule has 0 nitrogen and oxygen atoms in total. The van der Waals surface area contributed by atoms with Gasteiger partial charge in [-0.25, -0.2) is 0 Å². The molecule has 0 bridgehead atoms. The van der Waals surface area contributed by atoms with Crippen molar-refractivity contribution in [2.75, 3.05) is 0 Å². The summed E-state index contributed by atoms with van der Waals surface area (Å²) in [5.74, 6) is 0. The molecule has 0 aromatic rings. The summed E-state index contributed by atoms with van der Waals surface area (Å²) in [5, 5.41) is 0. The Morgan fingerprint density at radius 3 is 1.93 bits per heavy atom. The summed E-state index contributed by atoms with van der Waals surface area (Å²) < 4.78 is 0. The third kappa shape index (κ3) is 5.81. The summed E-state index contributed by atoms with van der Waals surface area (Å²) in [6.45, 7) is 15.1. The molecule has 0 fully saturated rings. The standard InChI is InChI=1S/C13H24.C2H6/c1-6-10-12(8-3)13(5,9-4)11-7-2;1-2/h6,8,10H,7,9,11H2,1-5H3;1-2H3/b10-6-,12-8+;. The molecule has 0 saturated carbocycles. The normalized spacial score (nSPS) is 15.8. The summed E-state index contributed by atoms with van der Waals surface area (Å²) >= 11 is 0. The van der Waals surface area contributed by atoms with Gasteiger partial charge in [-0.05, 0) is 37.7 Å². The minimum Gasteiger partial charge on any atom is -0.0874 e. The van der Waals surface area contributed by atoms with E-state index in [9.17, 15) is 0 Å². The predicted molar refractivity (Wildman–Crippen MR) is 73.2 cm³/mol. The molecular formula is C15H30. The van der Waals surface area contributed by atoms with Crippen molar-refractivity contribution in [2.45, 2.75) is 67.7 Å². The molecule has 1 unspecified atom stereocenters. The minimum atomic E-state index is 0.385. The van der Waals surface area contributed by atoms with Crippen molar-refractivity contribution in [3.63, 3.8) is 0 Å². The molecule has 0 aromatic heterocycles. The first-order chi connectivity index (χ1) is 7.14. The lowest BCUT2D eigenvalue weighted by atomic mass is 9.76. The maximum Gasteiger partial charge on any atom is -0.00813 e. The molecule has 0 amide bonds. The van der Waals surface area contributed by atoms with Gasteiger partial charge in [0, 0.05) is 0 Å². The van der Waals surface area contributed by atoms with Crippen LogP contribution in [0.5, 0.6) is 0 Å². The van der Waals surface area contributed by atoms with Gasteiger partial charge in [0.05, 0.1) is 0 Å². The lowest BCUT2D eigenvalue weighted by Crippen LogP contribution is -2.16. The Morgan fingerprint density at radius 1 is 1.13 bits per heavy atom. The largest absolute Gasteiger partial charge is 0.0874 e. The van der Waals surface area contributed by atoms with Crippen molar-refractivity contribution in [1.82, 2.24) is 0 Å². The van der Waals surface area contributed by atoms with Gasteiger partial charge in [-0.3, -0.25) is 0 Å². The average molecular weight is 210 g/mol. The second-order valence-electron chi connectivity index (χ2n) is 3.91. The monoisotopic (exact) mass is 210 g/mol. The van der Waals surface area contributed by atoms with Gasteiger partial charge in [-0.15, -0.1) is 0 Å². The number of hydrogen-bond donors (Lipinski definition) is 0. The fourth-order valence-electron chi connectivity index (χ4n) is 1.90. The quantitative estimate of drug-likeness (QED) is 0.507. The summed E-state index contributed by atoms with van der Waals surface area (Å²) in [4.78, 5) is 0. The molecule has 0 N–H and O–H groups in total. The molecule has 0 spiro atoms. The predicted octanol–water partition coefficient (Wildman–Crippen LogP) is 5.75. The van der Waals surface area contributed by atoms with Crippen LogP contribution in [-0.4, -0.2) is 0 Å². The van der Waals surface area contributed by atoms with E-state index in [2.05, 4.69) is 52.8 Å². The Balaban J connectivity index is 0. The topological polar surface area (TPSA) is 0 Å². The highest BCUT2D eigenvalue weighted by molar-refractivity contribution is 5.25. The molecule has 0 rings (SSSR count). The van der Waals surface area contributed by atoms with Crippen LogP contribution in [0.3, 0.4) is 0 Å². The fourth-order valence-corrected chi connectivity index (χ4v) is 1.90. The first kappa shape index (κ1) is 16.9. The van der Waals surface area contributed by atoms with Gasteiger partial charge in [-0.1, -0.05) is 59.3 Å². The molecule has 0 heteroatoms. The van der Waals surface area contributed by atoms with Crippen LogP contribution in [0.1, 0.15) is 67.7 Å². The first-order valence-electron chi connectivity index (χ1n) is 6.44. The number of hydrogen-bond acceptors (Lipinski definition) is 0. The van der Waals surface area contributed by atoms with Gasteiger partial charge in [-0.2, -0.15) is 0 Å². The van der Waals surface area contributed by atoms with Gasteiger partial charge in [0.25, 0.3) is 0 Å². The van der Waals surface area contributed by atoms with Crippen molar-refractivity contribution < 1.29 is 0 Å². The lowest BCUT2D eigenvalue weighted by molar-refractivity contribution is 0.354. The van der Waals surface area contributed by atoms with E-state index in [-0.39, 0.29) is 0 Å². The molecule has 1 atom stereocenters. The van der Waals surface area contributed by atoms with E-state index in [0.717, 1.165) is 0 Å². The highest BCUT2D eigenvalue weighted by atomic mass is 14.3. The van der Waals surface area contributed by atoms with Crippen LogP contribution in [0.25, 0.3) is 0 Å². The zero-order valence-electron chi connectivity index (χ0n) is 11.9. The summed E-state index contributed by atoms with van der Waals surface area (Å²) in [7, 11) is 0. The smallest absolute Gasteiger partial charge is 0.00813 e. The van der Waals surface area contributed by atoms with E-state index in [0.29, 0.717) is 5.41 Å². The second-order valence-corrected chi connectivity index (χ2v) is 3.91. The van der Waals surface area contributed by atoms with E-state index in [4.69, 9.17) is 0 Å². The second kappa shape index (κ2) is 10.0. The van der Waals surface area contributed by atoms with Crippen molar-refractivity contribution >= 4 is 0 Å². The van der Waals surface area contributed by atoms with Gasteiger partial charge >= 0.3 is 0 Å². The zero-order valence-corrected chi connectivity index (χ0v) is 11.9. The molecule has 0 radical (unpaired) electrons. The van der Waals surface area contributed by atoms with E-state index < -0.39 is 0 Å². The highest BCUT2D eigenvalue weighted by Crippen LogP contribution is 2.36. The van der Waals surface area contributed by atoms with Crippen LogP contribution >= 0.6 is 0 Å². The van der Waals surface area contributed by atoms with Gasteiger partial charge in [0.1, 0.15) is 0 Å². The molecule has 0 saturated heterocycles. The zero-order chi connectivity index (χ0) is 12.3. The van der Waals surface area contributed by atoms with E-state index in [1.807, 2.05) is 13.8 Å². The Hall–Kier alpha value is -0.520. The Bertz CT molecular complexity index is 186. The molecule has 0 aliphatic rings. The minimum absolute atomic E-state index is 0.385. The molecule has 0 heterocycles. The fraction of sp³-hybridized carbons (Fsp3) is 0.733. The van der Waals surface area contributed by atoms with Crippen LogP contribution in [-0.2, 0) is 0 Å². The average Bonchev–Trinajstić information content (AvgIpc) is 2.28. The summed E-state index contributed by atoms with van der Waals surface area (Å²) in [5.41, 5.74) is 1.87. The van der Waals surface area contributed by atoms with Crippen molar-refractivity contribution in [3.05, 3.63) is 23.8 Å². The number of rotatable bonds is 5. The third-order valence-corrected chi connectivity index (χ3v) is 2.94. The van der Waals surface area contributed by atoms with Gasteiger partial charge < -0.3 is 0 Å². The summed E-state index contributed by atoms with van der Waals surface area (Å²) in [6.07, 6.45) is 10.4. The van der Waals surface area contributed by atoms with E-state index in [1.165, 1.54) is 24.8 Å². The molecule has 90 valence electrons. The summed E-state index contributed by atoms with van der Waals surface area (Å²) in [6, 6.07) is 0. The maximum atomic E-state index is 2.37. The van der Waals surface area contributed by atoms with Crippen molar-refractivity contribution in [1.29, 1.82) is 0 Å². The van der Waals surface area contributed by atoms with Crippen molar-refractivity contribution in [3.8, 4) is 0 Å². The molecular weight excluding hydrogens is 180 g/mol. The van der Waals surface area contributed by atoms with E-state index in [1.54, 1.807) is 0 Å². The maximum absolute atomic E-state index is 2.37. The first-order valence-corrected chi connectivity index (χ1v) is 6.44. The molecule has 0 aliphatic heterocycles. The van der Waals surface area contributed by atoms with Crippen LogP contribution in [0.15, 0.2) is 23.8 Å². The van der Waals surface area contributed by atoms with Crippen LogP contribution < -0.4 is 0 Å².